The molecule has 6 nitrogen and oxygen atoms in total. The van der Waals surface area contributed by atoms with Crippen LogP contribution in [0.15, 0.2) is 48.8 Å². The molecule has 4 rings (SSSR count). The van der Waals surface area contributed by atoms with Gasteiger partial charge in [-0.2, -0.15) is 0 Å². The van der Waals surface area contributed by atoms with Crippen LogP contribution in [0.2, 0.25) is 0 Å². The molecule has 2 saturated heterocycles. The van der Waals surface area contributed by atoms with E-state index in [4.69, 9.17) is 4.74 Å². The van der Waals surface area contributed by atoms with Crippen molar-refractivity contribution in [2.45, 2.75) is 45.6 Å². The van der Waals surface area contributed by atoms with Crippen molar-refractivity contribution in [3.05, 3.63) is 54.4 Å². The van der Waals surface area contributed by atoms with Crippen LogP contribution >= 0.6 is 0 Å². The molecule has 0 saturated carbocycles. The van der Waals surface area contributed by atoms with E-state index in [1.165, 1.54) is 0 Å². The average molecular weight is 436 g/mol. The Morgan fingerprint density at radius 2 is 2.09 bits per heavy atom. The van der Waals surface area contributed by atoms with Gasteiger partial charge in [0, 0.05) is 44.2 Å². The number of carbonyl (C=O) groups excluding carboxylic acids is 2. The zero-order valence-corrected chi connectivity index (χ0v) is 19.0. The lowest BCUT2D eigenvalue weighted by molar-refractivity contribution is -0.141. The molecule has 0 spiro atoms. The Bertz CT molecular complexity index is 940. The van der Waals surface area contributed by atoms with Crippen LogP contribution in [-0.2, 0) is 20.7 Å². The molecule has 0 aliphatic carbocycles. The highest BCUT2D eigenvalue weighted by Crippen LogP contribution is 2.38. The quantitative estimate of drug-likeness (QED) is 0.723. The van der Waals surface area contributed by atoms with E-state index in [-0.39, 0.29) is 17.9 Å². The summed E-state index contributed by atoms with van der Waals surface area (Å²) in [5.74, 6) is 0.432. The number of likely N-dealkylation sites (tertiary alicyclic amines) is 1. The standard InChI is InChI=1S/C26H33N3O3/c1-19(2)16-28-25(31)26(11-13-29(18-26)24(30)23-10-6-14-32-23)15-20-7-3-4-9-22(20)21-8-5-12-27-17-21/h3-5,7-9,12,17,19,23H,6,10-11,13-16,18H2,1-2H3,(H,28,31)/t23-,26-/m0/s1. The number of hydrogen-bond donors (Lipinski definition) is 1. The molecule has 2 aromatic rings. The Morgan fingerprint density at radius 1 is 1.25 bits per heavy atom. The molecule has 1 N–H and O–H groups in total. The van der Waals surface area contributed by atoms with Gasteiger partial charge in [0.15, 0.2) is 0 Å². The van der Waals surface area contributed by atoms with E-state index in [1.807, 2.05) is 35.4 Å². The monoisotopic (exact) mass is 435 g/mol. The number of benzene rings is 1. The number of nitrogens with zero attached hydrogens (tertiary/aromatic N) is 2. The number of amides is 2. The first kappa shape index (κ1) is 22.5. The summed E-state index contributed by atoms with van der Waals surface area (Å²) < 4.78 is 5.63. The molecule has 0 radical (unpaired) electrons. The average Bonchev–Trinajstić information content (AvgIpc) is 3.49. The number of ether oxygens (including phenoxy) is 1. The maximum Gasteiger partial charge on any atom is 0.251 e. The van der Waals surface area contributed by atoms with Crippen molar-refractivity contribution in [1.29, 1.82) is 0 Å². The van der Waals surface area contributed by atoms with Gasteiger partial charge in [-0.1, -0.05) is 44.2 Å². The van der Waals surface area contributed by atoms with E-state index in [2.05, 4.69) is 36.3 Å². The van der Waals surface area contributed by atoms with Gasteiger partial charge in [0.05, 0.1) is 5.41 Å². The third kappa shape index (κ3) is 4.85. The van der Waals surface area contributed by atoms with E-state index in [0.29, 0.717) is 45.0 Å². The highest BCUT2D eigenvalue weighted by atomic mass is 16.5. The first-order valence-corrected chi connectivity index (χ1v) is 11.7. The summed E-state index contributed by atoms with van der Waals surface area (Å²) in [7, 11) is 0. The van der Waals surface area contributed by atoms with Gasteiger partial charge in [-0.3, -0.25) is 14.6 Å². The van der Waals surface area contributed by atoms with Crippen LogP contribution in [0, 0.1) is 11.3 Å². The lowest BCUT2D eigenvalue weighted by Gasteiger charge is -2.30. The summed E-state index contributed by atoms with van der Waals surface area (Å²) in [5, 5.41) is 3.15. The fraction of sp³-hybridized carbons (Fsp3) is 0.500. The highest BCUT2D eigenvalue weighted by molar-refractivity contribution is 5.87. The molecule has 3 heterocycles. The van der Waals surface area contributed by atoms with Crippen molar-refractivity contribution >= 4 is 11.8 Å². The predicted molar refractivity (Wildman–Crippen MR) is 124 cm³/mol. The van der Waals surface area contributed by atoms with E-state index >= 15 is 0 Å². The van der Waals surface area contributed by atoms with Crippen LogP contribution < -0.4 is 5.32 Å². The first-order valence-electron chi connectivity index (χ1n) is 11.7. The van der Waals surface area contributed by atoms with Crippen molar-refractivity contribution < 1.29 is 14.3 Å². The SMILES string of the molecule is CC(C)CNC(=O)[C@]1(Cc2ccccc2-c2cccnc2)CCN(C(=O)[C@@H]2CCCO2)C1. The summed E-state index contributed by atoms with van der Waals surface area (Å²) in [4.78, 5) is 32.7. The Kier molecular flexibility index (Phi) is 6.89. The molecular formula is C26H33N3O3. The van der Waals surface area contributed by atoms with Gasteiger partial charge in [-0.25, -0.2) is 0 Å². The molecule has 2 fully saturated rings. The van der Waals surface area contributed by atoms with E-state index in [1.54, 1.807) is 6.20 Å². The van der Waals surface area contributed by atoms with Gasteiger partial charge < -0.3 is 15.0 Å². The lowest BCUT2D eigenvalue weighted by Crippen LogP contribution is -2.47. The maximum absolute atomic E-state index is 13.5. The first-order chi connectivity index (χ1) is 15.5. The van der Waals surface area contributed by atoms with Gasteiger partial charge in [0.1, 0.15) is 6.10 Å². The number of rotatable bonds is 7. The predicted octanol–water partition coefficient (Wildman–Crippen LogP) is 3.46. The Labute approximate surface area is 190 Å². The van der Waals surface area contributed by atoms with Gasteiger partial charge in [-0.05, 0) is 48.8 Å². The Hall–Kier alpha value is -2.73. The fourth-order valence-corrected chi connectivity index (χ4v) is 4.77. The Balaban J connectivity index is 1.61. The molecule has 2 atom stereocenters. The normalized spacial score (nSPS) is 23.0. The third-order valence-corrected chi connectivity index (χ3v) is 6.54. The second kappa shape index (κ2) is 9.82. The summed E-state index contributed by atoms with van der Waals surface area (Å²) in [5.41, 5.74) is 2.57. The maximum atomic E-state index is 13.5. The molecular weight excluding hydrogens is 402 g/mol. The number of aromatic nitrogens is 1. The number of hydrogen-bond acceptors (Lipinski definition) is 4. The molecule has 2 amide bonds. The van der Waals surface area contributed by atoms with Crippen LogP contribution in [0.4, 0.5) is 0 Å². The van der Waals surface area contributed by atoms with E-state index < -0.39 is 5.41 Å². The lowest BCUT2D eigenvalue weighted by atomic mass is 9.78. The minimum atomic E-state index is -0.651. The van der Waals surface area contributed by atoms with Crippen molar-refractivity contribution in [3.63, 3.8) is 0 Å². The summed E-state index contributed by atoms with van der Waals surface area (Å²) in [6.07, 6.45) is 6.18. The van der Waals surface area contributed by atoms with Crippen molar-refractivity contribution in [3.8, 4) is 11.1 Å². The summed E-state index contributed by atoms with van der Waals surface area (Å²) in [6, 6.07) is 12.2. The number of carbonyl (C=O) groups is 2. The minimum absolute atomic E-state index is 0.0292. The van der Waals surface area contributed by atoms with Crippen molar-refractivity contribution in [2.24, 2.45) is 11.3 Å². The van der Waals surface area contributed by atoms with Gasteiger partial charge in [0.25, 0.3) is 5.91 Å². The molecule has 32 heavy (non-hydrogen) atoms. The second-order valence-corrected chi connectivity index (χ2v) is 9.47. The highest BCUT2D eigenvalue weighted by Gasteiger charge is 2.47. The van der Waals surface area contributed by atoms with Crippen molar-refractivity contribution in [2.75, 3.05) is 26.2 Å². The molecule has 1 aromatic carbocycles. The minimum Gasteiger partial charge on any atom is -0.368 e. The van der Waals surface area contributed by atoms with Crippen LogP contribution in [0.25, 0.3) is 11.1 Å². The molecule has 2 aliphatic rings. The molecule has 170 valence electrons. The van der Waals surface area contributed by atoms with Crippen LogP contribution in [0.1, 0.15) is 38.7 Å². The topological polar surface area (TPSA) is 71.5 Å². The van der Waals surface area contributed by atoms with Gasteiger partial charge >= 0.3 is 0 Å². The molecule has 0 bridgehead atoms. The van der Waals surface area contributed by atoms with Crippen molar-refractivity contribution in [1.82, 2.24) is 15.2 Å². The molecule has 1 aromatic heterocycles. The third-order valence-electron chi connectivity index (χ3n) is 6.54. The zero-order chi connectivity index (χ0) is 22.6. The largest absolute Gasteiger partial charge is 0.368 e. The summed E-state index contributed by atoms with van der Waals surface area (Å²) >= 11 is 0. The Morgan fingerprint density at radius 3 is 2.81 bits per heavy atom. The van der Waals surface area contributed by atoms with Crippen LogP contribution in [0.3, 0.4) is 0 Å². The number of pyridine rings is 1. The molecule has 6 heteroatoms. The zero-order valence-electron chi connectivity index (χ0n) is 19.0. The van der Waals surface area contributed by atoms with Crippen LogP contribution in [-0.4, -0.2) is 54.0 Å². The summed E-state index contributed by atoms with van der Waals surface area (Å²) in [6.45, 7) is 6.46. The second-order valence-electron chi connectivity index (χ2n) is 9.47. The smallest absolute Gasteiger partial charge is 0.251 e. The molecule has 0 unspecified atom stereocenters. The van der Waals surface area contributed by atoms with E-state index in [0.717, 1.165) is 29.5 Å². The van der Waals surface area contributed by atoms with E-state index in [9.17, 15) is 9.59 Å². The molecule has 2 aliphatic heterocycles. The van der Waals surface area contributed by atoms with Gasteiger partial charge in [0.2, 0.25) is 5.91 Å². The van der Waals surface area contributed by atoms with Crippen LogP contribution in [0.5, 0.6) is 0 Å². The fourth-order valence-electron chi connectivity index (χ4n) is 4.77. The van der Waals surface area contributed by atoms with Gasteiger partial charge in [-0.15, -0.1) is 0 Å². The number of nitrogens with one attached hydrogen (secondary N) is 1.